The van der Waals surface area contributed by atoms with Crippen molar-refractivity contribution in [3.8, 4) is 11.8 Å². The number of benzene rings is 2. The largest absolute Gasteiger partial charge is 0.497 e. The van der Waals surface area contributed by atoms with Crippen molar-refractivity contribution in [2.45, 2.75) is 13.5 Å². The van der Waals surface area contributed by atoms with E-state index in [4.69, 9.17) is 10.5 Å². The second-order valence-corrected chi connectivity index (χ2v) is 4.71. The van der Waals surface area contributed by atoms with Gasteiger partial charge in [-0.2, -0.15) is 5.26 Å². The quantitative estimate of drug-likeness (QED) is 0.855. The van der Waals surface area contributed by atoms with Gasteiger partial charge in [-0.15, -0.1) is 0 Å². The Kier molecular flexibility index (Phi) is 4.68. The first-order chi connectivity index (χ1) is 10.2. The molecule has 0 aliphatic heterocycles. The molecule has 0 unspecified atom stereocenters. The summed E-state index contributed by atoms with van der Waals surface area (Å²) in [7, 11) is 1.62. The smallest absolute Gasteiger partial charge is 0.121 e. The highest BCUT2D eigenvalue weighted by Gasteiger charge is 2.13. The summed E-state index contributed by atoms with van der Waals surface area (Å²) >= 11 is 0. The SMILES string of the molecule is CCN(Cc1ccccc1N)c1cc(OC)ccc1C#N. The predicted molar refractivity (Wildman–Crippen MR) is 85.3 cm³/mol. The summed E-state index contributed by atoms with van der Waals surface area (Å²) in [5.41, 5.74) is 9.32. The van der Waals surface area contributed by atoms with Gasteiger partial charge >= 0.3 is 0 Å². The van der Waals surface area contributed by atoms with E-state index in [1.807, 2.05) is 30.3 Å². The minimum atomic E-state index is 0.632. The first-order valence-corrected chi connectivity index (χ1v) is 6.86. The van der Waals surface area contributed by atoms with Crippen molar-refractivity contribution < 1.29 is 4.74 Å². The molecule has 0 fully saturated rings. The summed E-state index contributed by atoms with van der Waals surface area (Å²) in [4.78, 5) is 2.12. The van der Waals surface area contributed by atoms with Crippen molar-refractivity contribution in [1.29, 1.82) is 5.26 Å². The second kappa shape index (κ2) is 6.67. The third-order valence-corrected chi connectivity index (χ3v) is 3.46. The van der Waals surface area contributed by atoms with Crippen molar-refractivity contribution in [3.63, 3.8) is 0 Å². The zero-order valence-corrected chi connectivity index (χ0v) is 12.3. The van der Waals surface area contributed by atoms with Crippen LogP contribution in [-0.4, -0.2) is 13.7 Å². The summed E-state index contributed by atoms with van der Waals surface area (Å²) < 4.78 is 5.26. The molecule has 0 spiro atoms. The molecule has 0 heterocycles. The summed E-state index contributed by atoms with van der Waals surface area (Å²) in [6, 6.07) is 15.5. The van der Waals surface area contributed by atoms with Crippen LogP contribution in [0.25, 0.3) is 0 Å². The Morgan fingerprint density at radius 3 is 2.62 bits per heavy atom. The van der Waals surface area contributed by atoms with E-state index in [1.54, 1.807) is 19.2 Å². The number of methoxy groups -OCH3 is 1. The Bertz CT molecular complexity index is 661. The molecular formula is C17H19N3O. The molecule has 2 rings (SSSR count). The van der Waals surface area contributed by atoms with Crippen LogP contribution in [0.3, 0.4) is 0 Å². The fraction of sp³-hybridized carbons (Fsp3) is 0.235. The van der Waals surface area contributed by atoms with Crippen LogP contribution in [0.4, 0.5) is 11.4 Å². The summed E-state index contributed by atoms with van der Waals surface area (Å²) in [5.74, 6) is 0.739. The van der Waals surface area contributed by atoms with E-state index in [-0.39, 0.29) is 0 Å². The van der Waals surface area contributed by atoms with Gasteiger partial charge in [0.15, 0.2) is 0 Å². The molecule has 0 radical (unpaired) electrons. The summed E-state index contributed by atoms with van der Waals surface area (Å²) in [5, 5.41) is 9.30. The molecule has 2 aromatic carbocycles. The van der Waals surface area contributed by atoms with Crippen LogP contribution in [0.15, 0.2) is 42.5 Å². The van der Waals surface area contributed by atoms with Gasteiger partial charge in [0.1, 0.15) is 11.8 Å². The number of rotatable bonds is 5. The molecular weight excluding hydrogens is 262 g/mol. The lowest BCUT2D eigenvalue weighted by Gasteiger charge is -2.25. The Labute approximate surface area is 125 Å². The maximum Gasteiger partial charge on any atom is 0.121 e. The average molecular weight is 281 g/mol. The van der Waals surface area contributed by atoms with Gasteiger partial charge in [0.05, 0.1) is 18.4 Å². The monoisotopic (exact) mass is 281 g/mol. The van der Waals surface area contributed by atoms with E-state index in [0.29, 0.717) is 12.1 Å². The highest BCUT2D eigenvalue weighted by Crippen LogP contribution is 2.27. The van der Waals surface area contributed by atoms with Gasteiger partial charge < -0.3 is 15.4 Å². The molecule has 21 heavy (non-hydrogen) atoms. The lowest BCUT2D eigenvalue weighted by atomic mass is 10.1. The van der Waals surface area contributed by atoms with E-state index in [0.717, 1.165) is 29.2 Å². The Morgan fingerprint density at radius 1 is 1.24 bits per heavy atom. The minimum Gasteiger partial charge on any atom is -0.497 e. The molecule has 4 nitrogen and oxygen atoms in total. The number of hydrogen-bond donors (Lipinski definition) is 1. The van der Waals surface area contributed by atoms with Gasteiger partial charge in [0, 0.05) is 24.8 Å². The molecule has 0 bridgehead atoms. The zero-order chi connectivity index (χ0) is 15.2. The molecule has 2 aromatic rings. The summed E-state index contributed by atoms with van der Waals surface area (Å²) in [6.45, 7) is 3.49. The topological polar surface area (TPSA) is 62.3 Å². The Hall–Kier alpha value is -2.67. The van der Waals surface area contributed by atoms with Crippen molar-refractivity contribution in [2.75, 3.05) is 24.3 Å². The molecule has 0 saturated heterocycles. The first-order valence-electron chi connectivity index (χ1n) is 6.86. The van der Waals surface area contributed by atoms with Gasteiger partial charge in [-0.05, 0) is 30.7 Å². The Balaban J connectivity index is 2.37. The van der Waals surface area contributed by atoms with Gasteiger partial charge in [0.25, 0.3) is 0 Å². The summed E-state index contributed by atoms with van der Waals surface area (Å²) in [6.07, 6.45) is 0. The highest BCUT2D eigenvalue weighted by molar-refractivity contribution is 5.63. The number of hydrogen-bond acceptors (Lipinski definition) is 4. The number of ether oxygens (including phenoxy) is 1. The minimum absolute atomic E-state index is 0.632. The first kappa shape index (κ1) is 14.7. The molecule has 0 atom stereocenters. The molecule has 0 aliphatic carbocycles. The fourth-order valence-corrected chi connectivity index (χ4v) is 2.25. The molecule has 0 aliphatic rings. The predicted octanol–water partition coefficient (Wildman–Crippen LogP) is 3.18. The lowest BCUT2D eigenvalue weighted by Crippen LogP contribution is -2.23. The van der Waals surface area contributed by atoms with Gasteiger partial charge in [-0.25, -0.2) is 0 Å². The van der Waals surface area contributed by atoms with Crippen LogP contribution >= 0.6 is 0 Å². The number of nitriles is 1. The van der Waals surface area contributed by atoms with Gasteiger partial charge in [-0.3, -0.25) is 0 Å². The van der Waals surface area contributed by atoms with Crippen LogP contribution in [0, 0.1) is 11.3 Å². The maximum atomic E-state index is 9.30. The van der Waals surface area contributed by atoms with Crippen molar-refractivity contribution >= 4 is 11.4 Å². The maximum absolute atomic E-state index is 9.30. The molecule has 0 aromatic heterocycles. The van der Waals surface area contributed by atoms with E-state index >= 15 is 0 Å². The third-order valence-electron chi connectivity index (χ3n) is 3.46. The van der Waals surface area contributed by atoms with Gasteiger partial charge in [-0.1, -0.05) is 18.2 Å². The number of nitrogen functional groups attached to an aromatic ring is 1. The van der Waals surface area contributed by atoms with E-state index < -0.39 is 0 Å². The molecule has 0 saturated carbocycles. The zero-order valence-electron chi connectivity index (χ0n) is 12.3. The molecule has 0 amide bonds. The molecule has 2 N–H and O–H groups in total. The number of anilines is 2. The number of nitrogens with zero attached hydrogens (tertiary/aromatic N) is 2. The molecule has 108 valence electrons. The van der Waals surface area contributed by atoms with Crippen LogP contribution in [0.5, 0.6) is 5.75 Å². The molecule has 4 heteroatoms. The van der Waals surface area contributed by atoms with Gasteiger partial charge in [0.2, 0.25) is 0 Å². The number of para-hydroxylation sites is 1. The second-order valence-electron chi connectivity index (χ2n) is 4.71. The lowest BCUT2D eigenvalue weighted by molar-refractivity contribution is 0.414. The van der Waals surface area contributed by atoms with Crippen molar-refractivity contribution in [2.24, 2.45) is 0 Å². The van der Waals surface area contributed by atoms with Crippen molar-refractivity contribution in [3.05, 3.63) is 53.6 Å². The average Bonchev–Trinajstić information content (AvgIpc) is 2.53. The van der Waals surface area contributed by atoms with Crippen molar-refractivity contribution in [1.82, 2.24) is 0 Å². The van der Waals surface area contributed by atoms with Crippen LogP contribution in [0.1, 0.15) is 18.1 Å². The van der Waals surface area contributed by atoms with E-state index in [1.165, 1.54) is 0 Å². The number of nitrogens with two attached hydrogens (primary N) is 1. The standard InChI is InChI=1S/C17H19N3O/c1-3-20(12-14-6-4-5-7-16(14)19)17-10-15(21-2)9-8-13(17)11-18/h4-10H,3,12,19H2,1-2H3. The van der Waals surface area contributed by atoms with Crippen LogP contribution in [-0.2, 0) is 6.54 Å². The normalized spacial score (nSPS) is 9.95. The van der Waals surface area contributed by atoms with E-state index in [9.17, 15) is 5.26 Å². The third kappa shape index (κ3) is 3.26. The highest BCUT2D eigenvalue weighted by atomic mass is 16.5. The van der Waals surface area contributed by atoms with Crippen LogP contribution < -0.4 is 15.4 Å². The van der Waals surface area contributed by atoms with E-state index in [2.05, 4.69) is 17.9 Å². The Morgan fingerprint density at radius 2 is 2.00 bits per heavy atom. The van der Waals surface area contributed by atoms with Crippen LogP contribution in [0.2, 0.25) is 0 Å². The fourth-order valence-electron chi connectivity index (χ4n) is 2.25.